The highest BCUT2D eigenvalue weighted by Crippen LogP contribution is 2.58. The molecule has 214 valence electrons. The molecular formula is C43H29BN2. The summed E-state index contributed by atoms with van der Waals surface area (Å²) >= 11 is 0. The van der Waals surface area contributed by atoms with Gasteiger partial charge in [0.15, 0.2) is 0 Å². The quantitative estimate of drug-likeness (QED) is 0.175. The first kappa shape index (κ1) is 24.7. The Morgan fingerprint density at radius 1 is 0.565 bits per heavy atom. The van der Waals surface area contributed by atoms with Gasteiger partial charge < -0.3 is 9.38 Å². The van der Waals surface area contributed by atoms with E-state index in [0.717, 1.165) is 0 Å². The van der Waals surface area contributed by atoms with Gasteiger partial charge in [-0.05, 0) is 73.8 Å². The van der Waals surface area contributed by atoms with E-state index in [1.54, 1.807) is 0 Å². The fourth-order valence-electron chi connectivity index (χ4n) is 9.40. The standard InChI is InChI=1S/C43H29BN2/c1-43(2)33-20-10-8-16-27(33)30-24-25-32-37-28-17-6-7-18-29(28)38-31-19-9-12-22-35(31)45-36-23-13-11-21-34(36)44(40(37)42(38)45)46(41(32)39(30)43)26-14-4-3-5-15-26/h3-25H,1-2H3. The Hall–Kier alpha value is -5.54. The number of hydrogen-bond acceptors (Lipinski definition) is 1. The van der Waals surface area contributed by atoms with Gasteiger partial charge in [0.2, 0.25) is 0 Å². The SMILES string of the molecule is CC1(C)c2ccccc2-c2ccc3c(c21)N(c1ccccc1)B1c2ccccc2-n2c4ccccc4c4c5ccccc5c-3c1c42. The second kappa shape index (κ2) is 8.38. The molecule has 2 nitrogen and oxygen atoms in total. The van der Waals surface area contributed by atoms with Crippen molar-refractivity contribution in [3.05, 3.63) is 151 Å². The van der Waals surface area contributed by atoms with Crippen molar-refractivity contribution in [3.8, 4) is 27.9 Å². The summed E-state index contributed by atoms with van der Waals surface area (Å²) in [6.07, 6.45) is 0. The highest BCUT2D eigenvalue weighted by atomic mass is 15.1. The second-order valence-electron chi connectivity index (χ2n) is 13.6. The molecule has 0 saturated carbocycles. The van der Waals surface area contributed by atoms with Crippen molar-refractivity contribution >= 4 is 61.7 Å². The lowest BCUT2D eigenvalue weighted by Gasteiger charge is -2.44. The monoisotopic (exact) mass is 584 g/mol. The van der Waals surface area contributed by atoms with Gasteiger partial charge in [0.25, 0.3) is 0 Å². The number of nitrogens with zero attached hydrogens (tertiary/aromatic N) is 2. The topological polar surface area (TPSA) is 8.17 Å². The van der Waals surface area contributed by atoms with E-state index in [1.165, 1.54) is 93.9 Å². The fraction of sp³-hybridized carbons (Fsp3) is 0.0698. The van der Waals surface area contributed by atoms with E-state index in [2.05, 4.69) is 163 Å². The predicted octanol–water partition coefficient (Wildman–Crippen LogP) is 9.48. The molecule has 0 unspecified atom stereocenters. The van der Waals surface area contributed by atoms with Crippen LogP contribution in [0.1, 0.15) is 25.0 Å². The summed E-state index contributed by atoms with van der Waals surface area (Å²) in [4.78, 5) is 2.69. The maximum absolute atomic E-state index is 2.69. The minimum atomic E-state index is -0.162. The molecule has 0 fully saturated rings. The Labute approximate surface area is 268 Å². The molecule has 8 aromatic rings. The van der Waals surface area contributed by atoms with Crippen LogP contribution in [0.4, 0.5) is 11.4 Å². The van der Waals surface area contributed by atoms with Crippen LogP contribution in [0.25, 0.3) is 60.5 Å². The maximum Gasteiger partial charge on any atom is 0.333 e. The predicted molar refractivity (Wildman–Crippen MR) is 195 cm³/mol. The zero-order valence-corrected chi connectivity index (χ0v) is 25.8. The van der Waals surface area contributed by atoms with Crippen molar-refractivity contribution in [3.63, 3.8) is 0 Å². The average Bonchev–Trinajstić information content (AvgIpc) is 3.58. The molecule has 2 aliphatic heterocycles. The molecule has 3 heteroatoms. The van der Waals surface area contributed by atoms with Crippen LogP contribution in [0, 0.1) is 0 Å². The summed E-state index contributed by atoms with van der Waals surface area (Å²) in [5, 5.41) is 5.33. The summed E-state index contributed by atoms with van der Waals surface area (Å²) in [5.41, 5.74) is 17.3. The lowest BCUT2D eigenvalue weighted by atomic mass is 9.43. The molecular weight excluding hydrogens is 555 g/mol. The van der Waals surface area contributed by atoms with Crippen molar-refractivity contribution < 1.29 is 0 Å². The Balaban J connectivity index is 1.42. The van der Waals surface area contributed by atoms with Gasteiger partial charge in [0.1, 0.15) is 0 Å². The highest BCUT2D eigenvalue weighted by molar-refractivity contribution is 6.94. The van der Waals surface area contributed by atoms with Crippen molar-refractivity contribution in [2.75, 3.05) is 4.81 Å². The van der Waals surface area contributed by atoms with Crippen LogP contribution in [0.5, 0.6) is 0 Å². The van der Waals surface area contributed by atoms with Crippen LogP contribution in [-0.2, 0) is 5.41 Å². The van der Waals surface area contributed by atoms with Crippen molar-refractivity contribution in [2.24, 2.45) is 0 Å². The zero-order chi connectivity index (χ0) is 30.3. The Kier molecular flexibility index (Phi) is 4.51. The van der Waals surface area contributed by atoms with Crippen LogP contribution >= 0.6 is 0 Å². The van der Waals surface area contributed by atoms with Crippen molar-refractivity contribution in [1.82, 2.24) is 4.57 Å². The van der Waals surface area contributed by atoms with E-state index in [0.29, 0.717) is 0 Å². The number of rotatable bonds is 1. The molecule has 46 heavy (non-hydrogen) atoms. The Morgan fingerprint density at radius 3 is 2.11 bits per heavy atom. The normalized spacial score (nSPS) is 14.8. The molecule has 1 aliphatic carbocycles. The van der Waals surface area contributed by atoms with Crippen molar-refractivity contribution in [1.29, 1.82) is 0 Å². The number of aromatic nitrogens is 1. The molecule has 3 heterocycles. The van der Waals surface area contributed by atoms with Crippen LogP contribution in [0.2, 0.25) is 0 Å². The third-order valence-electron chi connectivity index (χ3n) is 11.1. The minimum Gasteiger partial charge on any atom is -0.376 e. The summed E-state index contributed by atoms with van der Waals surface area (Å²) < 4.78 is 2.56. The van der Waals surface area contributed by atoms with Gasteiger partial charge in [-0.2, -0.15) is 0 Å². The molecule has 0 spiro atoms. The largest absolute Gasteiger partial charge is 0.376 e. The first-order valence-corrected chi connectivity index (χ1v) is 16.3. The summed E-state index contributed by atoms with van der Waals surface area (Å²) in [7, 11) is 0. The fourth-order valence-corrected chi connectivity index (χ4v) is 9.40. The molecule has 1 aromatic heterocycles. The number of para-hydroxylation sites is 3. The van der Waals surface area contributed by atoms with E-state index in [9.17, 15) is 0 Å². The second-order valence-corrected chi connectivity index (χ2v) is 13.6. The van der Waals surface area contributed by atoms with Gasteiger partial charge >= 0.3 is 6.85 Å². The molecule has 0 bridgehead atoms. The van der Waals surface area contributed by atoms with E-state index < -0.39 is 0 Å². The molecule has 0 N–H and O–H groups in total. The third kappa shape index (κ3) is 2.78. The van der Waals surface area contributed by atoms with E-state index in [-0.39, 0.29) is 12.3 Å². The molecule has 3 aliphatic rings. The molecule has 0 saturated heterocycles. The lowest BCUT2D eigenvalue weighted by Crippen LogP contribution is -2.61. The first-order chi connectivity index (χ1) is 22.6. The smallest absolute Gasteiger partial charge is 0.333 e. The van der Waals surface area contributed by atoms with Crippen LogP contribution in [0.15, 0.2) is 140 Å². The van der Waals surface area contributed by atoms with E-state index in [4.69, 9.17) is 0 Å². The van der Waals surface area contributed by atoms with Gasteiger partial charge in [-0.15, -0.1) is 0 Å². The first-order valence-electron chi connectivity index (χ1n) is 16.3. The Morgan fingerprint density at radius 2 is 1.24 bits per heavy atom. The highest BCUT2D eigenvalue weighted by Gasteiger charge is 2.48. The molecule has 0 amide bonds. The van der Waals surface area contributed by atoms with E-state index >= 15 is 0 Å². The average molecular weight is 585 g/mol. The van der Waals surface area contributed by atoms with Gasteiger partial charge in [-0.25, -0.2) is 0 Å². The van der Waals surface area contributed by atoms with Crippen LogP contribution in [0.3, 0.4) is 0 Å². The molecule has 11 rings (SSSR count). The summed E-state index contributed by atoms with van der Waals surface area (Å²) in [5.74, 6) is 0. The number of hydrogen-bond donors (Lipinski definition) is 0. The van der Waals surface area contributed by atoms with Gasteiger partial charge in [0.05, 0.1) is 11.0 Å². The minimum absolute atomic E-state index is 0.0102. The summed E-state index contributed by atoms with van der Waals surface area (Å²) in [6.45, 7) is 4.85. The van der Waals surface area contributed by atoms with Gasteiger partial charge in [0, 0.05) is 38.8 Å². The maximum atomic E-state index is 2.69. The van der Waals surface area contributed by atoms with Crippen LogP contribution < -0.4 is 15.7 Å². The molecule has 0 atom stereocenters. The van der Waals surface area contributed by atoms with Crippen molar-refractivity contribution in [2.45, 2.75) is 19.3 Å². The van der Waals surface area contributed by atoms with E-state index in [1.807, 2.05) is 0 Å². The zero-order valence-electron chi connectivity index (χ0n) is 25.8. The summed E-state index contributed by atoms with van der Waals surface area (Å²) in [6, 6.07) is 52.2. The number of benzene rings is 7. The molecule has 0 radical (unpaired) electrons. The lowest BCUT2D eigenvalue weighted by molar-refractivity contribution is 0.661. The third-order valence-corrected chi connectivity index (χ3v) is 11.1. The Bertz CT molecular complexity index is 2630. The molecule has 7 aromatic carbocycles. The van der Waals surface area contributed by atoms with Gasteiger partial charge in [-0.1, -0.05) is 129 Å². The number of fused-ring (bicyclic) bond motifs is 15. The van der Waals surface area contributed by atoms with Gasteiger partial charge in [-0.3, -0.25) is 0 Å². The number of anilines is 2. The van der Waals surface area contributed by atoms with Crippen LogP contribution in [-0.4, -0.2) is 11.4 Å².